The maximum atomic E-state index is 13.2. The Morgan fingerprint density at radius 2 is 1.84 bits per heavy atom. The Balaban J connectivity index is 1.68. The molecule has 0 spiro atoms. The summed E-state index contributed by atoms with van der Waals surface area (Å²) in [6.07, 6.45) is 1.71. The largest absolute Gasteiger partial charge is 0.484 e. The van der Waals surface area contributed by atoms with Crippen LogP contribution in [0.15, 0.2) is 78.5 Å². The Morgan fingerprint density at radius 3 is 2.45 bits per heavy atom. The highest BCUT2D eigenvalue weighted by Gasteiger charge is 2.52. The molecule has 2 amide bonds. The summed E-state index contributed by atoms with van der Waals surface area (Å²) in [6.45, 7) is 6.68. The van der Waals surface area contributed by atoms with Crippen LogP contribution in [-0.2, 0) is 25.7 Å². The van der Waals surface area contributed by atoms with Gasteiger partial charge in [0.25, 0.3) is 17.5 Å². The molecular formula is C26H27N3O7S2. The summed E-state index contributed by atoms with van der Waals surface area (Å²) >= 11 is 0. The fraction of sp³-hybridized carbons (Fsp3) is 0.269. The molecule has 1 heterocycles. The average Bonchev–Trinajstić information content (AvgIpc) is 2.91. The second kappa shape index (κ2) is 13.7. The van der Waals surface area contributed by atoms with Gasteiger partial charge in [-0.25, -0.2) is 4.79 Å². The molecule has 0 bridgehead atoms. The molecule has 2 aromatic rings. The SMILES string of the molecule is C=CCSS[C@@H]1[C@H](NC(=O)COc2ccccc2)C(=O)N1C(C(=O)OCc1ccc([N+](=O)[O-])cc1)=C(C)C. The number of carbonyl (C=O) groups is 3. The van der Waals surface area contributed by atoms with E-state index in [2.05, 4.69) is 11.9 Å². The van der Waals surface area contributed by atoms with Gasteiger partial charge in [-0.05, 0) is 49.2 Å². The topological polar surface area (TPSA) is 128 Å². The molecule has 0 unspecified atom stereocenters. The van der Waals surface area contributed by atoms with E-state index in [1.54, 1.807) is 44.2 Å². The Hall–Kier alpha value is -3.77. The zero-order chi connectivity index (χ0) is 27.7. The van der Waals surface area contributed by atoms with Crippen molar-refractivity contribution in [1.29, 1.82) is 0 Å². The summed E-state index contributed by atoms with van der Waals surface area (Å²) in [5.41, 5.74) is 1.13. The van der Waals surface area contributed by atoms with Crippen LogP contribution < -0.4 is 10.1 Å². The molecule has 1 aliphatic heterocycles. The van der Waals surface area contributed by atoms with Crippen LogP contribution in [0.25, 0.3) is 0 Å². The molecule has 1 saturated heterocycles. The standard InChI is InChI=1S/C26H27N3O7S2/c1-4-14-37-38-25-22(27-21(30)16-35-20-8-6-5-7-9-20)24(31)28(25)23(17(2)3)26(32)36-15-18-10-12-19(13-11-18)29(33)34/h4-13,22,25H,1,14-16H2,2-3H3,(H,27,30)/t22-,25-/m1/s1. The number of para-hydroxylation sites is 1. The van der Waals surface area contributed by atoms with Gasteiger partial charge in [-0.15, -0.1) is 6.58 Å². The molecule has 3 rings (SSSR count). The number of non-ortho nitro benzene ring substituents is 1. The van der Waals surface area contributed by atoms with E-state index in [1.807, 2.05) is 6.07 Å². The molecular weight excluding hydrogens is 530 g/mol. The van der Waals surface area contributed by atoms with Gasteiger partial charge in [-0.3, -0.25) is 24.6 Å². The number of benzene rings is 2. The summed E-state index contributed by atoms with van der Waals surface area (Å²) in [6, 6.07) is 13.6. The highest BCUT2D eigenvalue weighted by Crippen LogP contribution is 2.41. The summed E-state index contributed by atoms with van der Waals surface area (Å²) in [5, 5.41) is 13.0. The van der Waals surface area contributed by atoms with Crippen molar-refractivity contribution in [2.75, 3.05) is 12.4 Å². The van der Waals surface area contributed by atoms with Crippen molar-refractivity contribution in [2.45, 2.75) is 31.9 Å². The third-order valence-electron chi connectivity index (χ3n) is 5.25. The number of esters is 1. The van der Waals surface area contributed by atoms with Crippen molar-refractivity contribution in [3.63, 3.8) is 0 Å². The summed E-state index contributed by atoms with van der Waals surface area (Å²) in [7, 11) is 2.77. The van der Waals surface area contributed by atoms with Gasteiger partial charge in [0, 0.05) is 17.9 Å². The van der Waals surface area contributed by atoms with Crippen LogP contribution in [0.1, 0.15) is 19.4 Å². The second-order valence-corrected chi connectivity index (χ2v) is 10.8. The molecule has 38 heavy (non-hydrogen) atoms. The van der Waals surface area contributed by atoms with Crippen molar-refractivity contribution in [3.8, 4) is 5.75 Å². The lowest BCUT2D eigenvalue weighted by Gasteiger charge is -2.46. The number of nitrogens with one attached hydrogen (secondary N) is 1. The maximum Gasteiger partial charge on any atom is 0.355 e. The van der Waals surface area contributed by atoms with Crippen LogP contribution in [-0.4, -0.2) is 51.4 Å². The van der Waals surface area contributed by atoms with Crippen LogP contribution in [0, 0.1) is 10.1 Å². The van der Waals surface area contributed by atoms with Gasteiger partial charge in [0.05, 0.1) is 4.92 Å². The Labute approximate surface area is 228 Å². The van der Waals surface area contributed by atoms with Crippen molar-refractivity contribution in [3.05, 3.63) is 94.2 Å². The van der Waals surface area contributed by atoms with E-state index in [9.17, 15) is 24.5 Å². The van der Waals surface area contributed by atoms with Crippen molar-refractivity contribution in [2.24, 2.45) is 0 Å². The molecule has 1 N–H and O–H groups in total. The molecule has 0 saturated carbocycles. The number of nitro groups is 1. The highest BCUT2D eigenvalue weighted by molar-refractivity contribution is 8.77. The highest BCUT2D eigenvalue weighted by atomic mass is 33.1. The lowest BCUT2D eigenvalue weighted by atomic mass is 10.0. The monoisotopic (exact) mass is 557 g/mol. The summed E-state index contributed by atoms with van der Waals surface area (Å²) in [4.78, 5) is 50.4. The van der Waals surface area contributed by atoms with Gasteiger partial charge in [0.2, 0.25) is 0 Å². The van der Waals surface area contributed by atoms with E-state index >= 15 is 0 Å². The van der Waals surface area contributed by atoms with Gasteiger partial charge in [0.15, 0.2) is 6.61 Å². The number of ether oxygens (including phenoxy) is 2. The maximum absolute atomic E-state index is 13.2. The van der Waals surface area contributed by atoms with Crippen LogP contribution in [0.3, 0.4) is 0 Å². The van der Waals surface area contributed by atoms with Crippen LogP contribution >= 0.6 is 21.6 Å². The quantitative estimate of drug-likeness (QED) is 0.0562. The normalized spacial score (nSPS) is 16.2. The Kier molecular flexibility index (Phi) is 10.4. The van der Waals surface area contributed by atoms with Crippen LogP contribution in [0.4, 0.5) is 5.69 Å². The molecule has 2 atom stereocenters. The fourth-order valence-corrected chi connectivity index (χ4v) is 5.88. The Morgan fingerprint density at radius 1 is 1.16 bits per heavy atom. The minimum Gasteiger partial charge on any atom is -0.484 e. The molecule has 10 nitrogen and oxygen atoms in total. The third-order valence-corrected chi connectivity index (χ3v) is 7.85. The van der Waals surface area contributed by atoms with Gasteiger partial charge < -0.3 is 14.8 Å². The smallest absolute Gasteiger partial charge is 0.355 e. The number of likely N-dealkylation sites (tertiary alicyclic amines) is 1. The zero-order valence-electron chi connectivity index (χ0n) is 20.8. The predicted molar refractivity (Wildman–Crippen MR) is 146 cm³/mol. The number of hydrogen-bond donors (Lipinski definition) is 1. The molecule has 1 fully saturated rings. The molecule has 0 aromatic heterocycles. The van der Waals surface area contributed by atoms with E-state index in [-0.39, 0.29) is 24.6 Å². The van der Waals surface area contributed by atoms with E-state index < -0.39 is 34.1 Å². The predicted octanol–water partition coefficient (Wildman–Crippen LogP) is 4.23. The average molecular weight is 558 g/mol. The number of β-lactam (4-membered cyclic amide) rings is 1. The van der Waals surface area contributed by atoms with Gasteiger partial charge >= 0.3 is 5.97 Å². The number of carbonyl (C=O) groups excluding carboxylic acids is 3. The molecule has 2 aromatic carbocycles. The van der Waals surface area contributed by atoms with E-state index in [1.165, 1.54) is 50.8 Å². The van der Waals surface area contributed by atoms with Crippen molar-refractivity contribution >= 4 is 45.1 Å². The van der Waals surface area contributed by atoms with Gasteiger partial charge in [0.1, 0.15) is 29.5 Å². The first-order chi connectivity index (χ1) is 18.2. The number of amides is 2. The molecule has 0 aliphatic carbocycles. The van der Waals surface area contributed by atoms with E-state index in [0.717, 1.165) is 0 Å². The zero-order valence-corrected chi connectivity index (χ0v) is 22.5. The first-order valence-corrected chi connectivity index (χ1v) is 13.9. The van der Waals surface area contributed by atoms with Crippen molar-refractivity contribution < 1.29 is 28.8 Å². The first kappa shape index (κ1) is 28.8. The number of hydrogen-bond acceptors (Lipinski definition) is 9. The van der Waals surface area contributed by atoms with Crippen LogP contribution in [0.2, 0.25) is 0 Å². The molecule has 0 radical (unpaired) electrons. The third kappa shape index (κ3) is 7.39. The first-order valence-electron chi connectivity index (χ1n) is 11.5. The summed E-state index contributed by atoms with van der Waals surface area (Å²) in [5.74, 6) is -0.508. The molecule has 200 valence electrons. The minimum absolute atomic E-state index is 0.0737. The van der Waals surface area contributed by atoms with Gasteiger partial charge in [-0.2, -0.15) is 0 Å². The lowest BCUT2D eigenvalue weighted by Crippen LogP contribution is -2.69. The lowest BCUT2D eigenvalue weighted by molar-refractivity contribution is -0.384. The second-order valence-electron chi connectivity index (χ2n) is 8.26. The number of nitro benzene ring substituents is 1. The van der Waals surface area contributed by atoms with Crippen LogP contribution in [0.5, 0.6) is 5.75 Å². The van der Waals surface area contributed by atoms with E-state index in [4.69, 9.17) is 9.47 Å². The summed E-state index contributed by atoms with van der Waals surface area (Å²) < 4.78 is 10.9. The number of allylic oxidation sites excluding steroid dienone is 1. The molecule has 12 heteroatoms. The fourth-order valence-electron chi connectivity index (χ4n) is 3.45. The molecule has 1 aliphatic rings. The van der Waals surface area contributed by atoms with Crippen molar-refractivity contribution in [1.82, 2.24) is 10.2 Å². The number of rotatable bonds is 13. The van der Waals surface area contributed by atoms with Gasteiger partial charge in [-0.1, -0.05) is 45.9 Å². The number of nitrogens with zero attached hydrogens (tertiary/aromatic N) is 2. The van der Waals surface area contributed by atoms with E-state index in [0.29, 0.717) is 22.6 Å². The Bertz CT molecular complexity index is 1220. The minimum atomic E-state index is -0.860.